The predicted octanol–water partition coefficient (Wildman–Crippen LogP) is 2.69. The Hall–Kier alpha value is -1.63. The summed E-state index contributed by atoms with van der Waals surface area (Å²) in [5.41, 5.74) is 5.92. The van der Waals surface area contributed by atoms with E-state index >= 15 is 0 Å². The fraction of sp³-hybridized carbons (Fsp3) is 0.333. The Labute approximate surface area is 118 Å². The molecule has 1 aromatic rings. The molecular formula is C12H15BrFN3O2. The Balaban J connectivity index is 2.84. The summed E-state index contributed by atoms with van der Waals surface area (Å²) < 4.78 is 13.3. The number of carbonyl (C=O) groups excluding carboxylic acids is 1. The minimum absolute atomic E-state index is 0.138. The molecule has 1 aromatic carbocycles. The lowest BCUT2D eigenvalue weighted by molar-refractivity contribution is -0.118. The van der Waals surface area contributed by atoms with E-state index in [1.807, 2.05) is 6.92 Å². The first-order chi connectivity index (χ1) is 8.99. The first-order valence-corrected chi connectivity index (χ1v) is 6.52. The fourth-order valence-electron chi connectivity index (χ4n) is 1.57. The van der Waals surface area contributed by atoms with Crippen molar-refractivity contribution in [1.29, 1.82) is 0 Å². The van der Waals surface area contributed by atoms with E-state index < -0.39 is 17.6 Å². The van der Waals surface area contributed by atoms with E-state index in [2.05, 4.69) is 26.4 Å². The molecule has 7 heteroatoms. The van der Waals surface area contributed by atoms with E-state index in [9.17, 15) is 9.18 Å². The molecule has 1 unspecified atom stereocenters. The van der Waals surface area contributed by atoms with Crippen molar-refractivity contribution >= 4 is 33.4 Å². The first-order valence-electron chi connectivity index (χ1n) is 5.73. The number of nitrogens with zero attached hydrogens (tertiary/aromatic N) is 1. The molecule has 0 saturated heterocycles. The van der Waals surface area contributed by atoms with Crippen molar-refractivity contribution in [2.45, 2.75) is 19.8 Å². The van der Waals surface area contributed by atoms with Crippen LogP contribution in [0.3, 0.4) is 0 Å². The minimum atomic E-state index is -0.709. The zero-order valence-corrected chi connectivity index (χ0v) is 11.9. The SMILES string of the molecule is CCCC(C(=O)Nc1ccc(F)c(Br)c1)/C(N)=N/O. The highest BCUT2D eigenvalue weighted by atomic mass is 79.9. The summed E-state index contributed by atoms with van der Waals surface area (Å²) in [6.45, 7) is 1.89. The third kappa shape index (κ3) is 4.20. The average Bonchev–Trinajstić information content (AvgIpc) is 2.39. The van der Waals surface area contributed by atoms with Crippen LogP contribution in [0.4, 0.5) is 10.1 Å². The third-order valence-corrected chi connectivity index (χ3v) is 3.16. The van der Waals surface area contributed by atoms with E-state index in [-0.39, 0.29) is 10.3 Å². The predicted molar refractivity (Wildman–Crippen MR) is 74.5 cm³/mol. The standard InChI is InChI=1S/C12H15BrFN3O2/c1-2-3-8(11(15)17-19)12(18)16-7-4-5-10(14)9(13)6-7/h4-6,8,19H,2-3H2,1H3,(H2,15,17)(H,16,18). The number of oxime groups is 1. The van der Waals surface area contributed by atoms with Gasteiger partial charge in [-0.25, -0.2) is 4.39 Å². The Morgan fingerprint density at radius 2 is 2.32 bits per heavy atom. The number of nitrogens with two attached hydrogens (primary N) is 1. The van der Waals surface area contributed by atoms with Crippen LogP contribution in [0.15, 0.2) is 27.8 Å². The van der Waals surface area contributed by atoms with Crippen molar-refractivity contribution < 1.29 is 14.4 Å². The number of hydrogen-bond acceptors (Lipinski definition) is 3. The van der Waals surface area contributed by atoms with Crippen molar-refractivity contribution in [1.82, 2.24) is 0 Å². The van der Waals surface area contributed by atoms with Crippen LogP contribution in [0.1, 0.15) is 19.8 Å². The molecule has 1 rings (SSSR count). The Morgan fingerprint density at radius 1 is 1.63 bits per heavy atom. The summed E-state index contributed by atoms with van der Waals surface area (Å²) in [6.07, 6.45) is 1.17. The van der Waals surface area contributed by atoms with Crippen molar-refractivity contribution in [3.05, 3.63) is 28.5 Å². The number of hydrogen-bond donors (Lipinski definition) is 3. The molecule has 0 saturated carbocycles. The third-order valence-electron chi connectivity index (χ3n) is 2.55. The van der Waals surface area contributed by atoms with E-state index in [1.54, 1.807) is 0 Å². The maximum absolute atomic E-state index is 13.1. The van der Waals surface area contributed by atoms with Gasteiger partial charge in [-0.2, -0.15) is 0 Å². The summed E-state index contributed by atoms with van der Waals surface area (Å²) in [7, 11) is 0. The van der Waals surface area contributed by atoms with Gasteiger partial charge >= 0.3 is 0 Å². The van der Waals surface area contributed by atoms with Gasteiger partial charge in [-0.1, -0.05) is 18.5 Å². The molecule has 0 aliphatic heterocycles. The lowest BCUT2D eigenvalue weighted by Crippen LogP contribution is -2.34. The van der Waals surface area contributed by atoms with Gasteiger partial charge in [-0.15, -0.1) is 0 Å². The van der Waals surface area contributed by atoms with Crippen LogP contribution in [0.25, 0.3) is 0 Å². The molecule has 104 valence electrons. The van der Waals surface area contributed by atoms with Gasteiger partial charge in [-0.05, 0) is 40.5 Å². The van der Waals surface area contributed by atoms with Crippen molar-refractivity contribution in [2.24, 2.45) is 16.8 Å². The quantitative estimate of drug-likeness (QED) is 0.335. The lowest BCUT2D eigenvalue weighted by atomic mass is 10.0. The smallest absolute Gasteiger partial charge is 0.235 e. The van der Waals surface area contributed by atoms with E-state index in [1.165, 1.54) is 18.2 Å². The molecule has 0 fully saturated rings. The number of halogens is 2. The van der Waals surface area contributed by atoms with Crippen LogP contribution in [0.5, 0.6) is 0 Å². The summed E-state index contributed by atoms with van der Waals surface area (Å²) >= 11 is 3.03. The number of carbonyl (C=O) groups is 1. The number of anilines is 1. The Kier molecular flexibility index (Phi) is 5.75. The molecule has 4 N–H and O–H groups in total. The van der Waals surface area contributed by atoms with Crippen LogP contribution >= 0.6 is 15.9 Å². The lowest BCUT2D eigenvalue weighted by Gasteiger charge is -2.14. The van der Waals surface area contributed by atoms with Crippen LogP contribution in [0, 0.1) is 11.7 Å². The zero-order chi connectivity index (χ0) is 14.4. The maximum Gasteiger partial charge on any atom is 0.235 e. The van der Waals surface area contributed by atoms with Gasteiger partial charge in [0.05, 0.1) is 10.4 Å². The highest BCUT2D eigenvalue weighted by Crippen LogP contribution is 2.21. The van der Waals surface area contributed by atoms with Crippen molar-refractivity contribution in [2.75, 3.05) is 5.32 Å². The van der Waals surface area contributed by atoms with Crippen LogP contribution in [0.2, 0.25) is 0 Å². The van der Waals surface area contributed by atoms with Gasteiger partial charge in [0.2, 0.25) is 5.91 Å². The molecule has 1 atom stereocenters. The fourth-order valence-corrected chi connectivity index (χ4v) is 1.95. The molecule has 0 spiro atoms. The van der Waals surface area contributed by atoms with Crippen LogP contribution in [-0.2, 0) is 4.79 Å². The van der Waals surface area contributed by atoms with E-state index in [0.29, 0.717) is 18.5 Å². The zero-order valence-electron chi connectivity index (χ0n) is 10.4. The normalized spacial score (nSPS) is 13.1. The van der Waals surface area contributed by atoms with Gasteiger partial charge in [0.1, 0.15) is 5.82 Å². The molecule has 0 heterocycles. The van der Waals surface area contributed by atoms with Gasteiger partial charge in [0.15, 0.2) is 5.84 Å². The second kappa shape index (κ2) is 7.08. The topological polar surface area (TPSA) is 87.7 Å². The molecular weight excluding hydrogens is 317 g/mol. The first kappa shape index (κ1) is 15.4. The summed E-state index contributed by atoms with van der Waals surface area (Å²) in [5, 5.41) is 14.1. The molecule has 0 aliphatic rings. The number of amidine groups is 1. The Bertz CT molecular complexity index is 494. The van der Waals surface area contributed by atoms with Gasteiger partial charge in [0.25, 0.3) is 0 Å². The monoisotopic (exact) mass is 331 g/mol. The summed E-state index contributed by atoms with van der Waals surface area (Å²) in [6, 6.07) is 4.12. The molecule has 19 heavy (non-hydrogen) atoms. The number of amides is 1. The second-order valence-electron chi connectivity index (χ2n) is 3.98. The van der Waals surface area contributed by atoms with Gasteiger partial charge in [0, 0.05) is 5.69 Å². The summed E-state index contributed by atoms with van der Waals surface area (Å²) in [5.74, 6) is -1.66. The van der Waals surface area contributed by atoms with Crippen LogP contribution < -0.4 is 11.1 Å². The summed E-state index contributed by atoms with van der Waals surface area (Å²) in [4.78, 5) is 12.0. The molecule has 5 nitrogen and oxygen atoms in total. The Morgan fingerprint density at radius 3 is 2.84 bits per heavy atom. The van der Waals surface area contributed by atoms with Gasteiger partial charge in [-0.3, -0.25) is 4.79 Å². The minimum Gasteiger partial charge on any atom is -0.409 e. The van der Waals surface area contributed by atoms with E-state index in [0.717, 1.165) is 0 Å². The molecule has 0 bridgehead atoms. The highest BCUT2D eigenvalue weighted by molar-refractivity contribution is 9.10. The molecule has 0 aromatic heterocycles. The van der Waals surface area contributed by atoms with Crippen molar-refractivity contribution in [3.63, 3.8) is 0 Å². The number of rotatable bonds is 5. The van der Waals surface area contributed by atoms with Gasteiger partial charge < -0.3 is 16.3 Å². The molecule has 1 amide bonds. The second-order valence-corrected chi connectivity index (χ2v) is 4.84. The largest absolute Gasteiger partial charge is 0.409 e. The molecule has 0 aliphatic carbocycles. The molecule has 0 radical (unpaired) electrons. The highest BCUT2D eigenvalue weighted by Gasteiger charge is 2.22. The average molecular weight is 332 g/mol. The van der Waals surface area contributed by atoms with Crippen molar-refractivity contribution in [3.8, 4) is 0 Å². The number of nitrogens with one attached hydrogen (secondary N) is 1. The number of benzene rings is 1. The maximum atomic E-state index is 13.1. The van der Waals surface area contributed by atoms with Crippen LogP contribution in [-0.4, -0.2) is 17.0 Å². The van der Waals surface area contributed by atoms with E-state index in [4.69, 9.17) is 10.9 Å².